The molecule has 1 heterocycles. The summed E-state index contributed by atoms with van der Waals surface area (Å²) in [7, 11) is 0. The summed E-state index contributed by atoms with van der Waals surface area (Å²) in [5, 5.41) is 9.82. The first-order chi connectivity index (χ1) is 15.6. The Kier molecular flexibility index (Phi) is 7.44. The van der Waals surface area contributed by atoms with Crippen molar-refractivity contribution < 1.29 is 27.6 Å². The van der Waals surface area contributed by atoms with Crippen LogP contribution in [-0.2, 0) is 27.0 Å². The van der Waals surface area contributed by atoms with E-state index >= 15 is 0 Å². The molecule has 0 fully saturated rings. The highest BCUT2D eigenvalue weighted by atomic mass is 32.1. The van der Waals surface area contributed by atoms with Crippen LogP contribution in [0.3, 0.4) is 0 Å². The molecule has 2 aromatic carbocycles. The number of anilines is 2. The summed E-state index contributed by atoms with van der Waals surface area (Å²) >= 11 is 1.27. The van der Waals surface area contributed by atoms with Crippen LogP contribution < -0.4 is 16.0 Å². The summed E-state index contributed by atoms with van der Waals surface area (Å²) in [6, 6.07) is 11.1. The van der Waals surface area contributed by atoms with Gasteiger partial charge < -0.3 is 16.0 Å². The van der Waals surface area contributed by atoms with Gasteiger partial charge in [0.2, 0.25) is 5.91 Å². The average Bonchev–Trinajstić information content (AvgIpc) is 3.22. The third-order valence-corrected chi connectivity index (χ3v) is 5.26. The normalized spacial score (nSPS) is 11.0. The zero-order chi connectivity index (χ0) is 24.0. The van der Waals surface area contributed by atoms with E-state index < -0.39 is 23.6 Å². The molecule has 3 rings (SSSR count). The second-order valence-corrected chi connectivity index (χ2v) is 7.80. The summed E-state index contributed by atoms with van der Waals surface area (Å²) in [6.07, 6.45) is -4.06. The van der Waals surface area contributed by atoms with Crippen molar-refractivity contribution in [2.75, 3.05) is 17.2 Å². The van der Waals surface area contributed by atoms with Gasteiger partial charge in [-0.25, -0.2) is 4.98 Å². The molecule has 0 bridgehead atoms. The number of aromatic nitrogens is 1. The molecule has 1 aromatic heterocycles. The molecule has 3 N–H and O–H groups in total. The maximum Gasteiger partial charge on any atom is 0.416 e. The van der Waals surface area contributed by atoms with Gasteiger partial charge in [0.05, 0.1) is 11.3 Å². The largest absolute Gasteiger partial charge is 0.416 e. The quantitative estimate of drug-likeness (QED) is 0.467. The molecule has 33 heavy (non-hydrogen) atoms. The molecule has 3 amide bonds. The van der Waals surface area contributed by atoms with Crippen molar-refractivity contribution in [3.8, 4) is 10.6 Å². The number of amides is 3. The number of rotatable bonds is 6. The minimum atomic E-state index is -4.40. The van der Waals surface area contributed by atoms with Crippen LogP contribution in [0.4, 0.5) is 24.5 Å². The van der Waals surface area contributed by atoms with E-state index in [9.17, 15) is 27.6 Å². The highest BCUT2D eigenvalue weighted by Crippen LogP contribution is 2.31. The van der Waals surface area contributed by atoms with Crippen molar-refractivity contribution in [2.45, 2.75) is 19.5 Å². The molecular weight excluding hydrogens is 457 g/mol. The molecule has 0 aliphatic rings. The lowest BCUT2D eigenvalue weighted by atomic mass is 10.1. The van der Waals surface area contributed by atoms with Gasteiger partial charge in [-0.2, -0.15) is 13.2 Å². The molecule has 0 atom stereocenters. The topological polar surface area (TPSA) is 100 Å². The Balaban J connectivity index is 1.49. The van der Waals surface area contributed by atoms with E-state index in [-0.39, 0.29) is 12.5 Å². The lowest BCUT2D eigenvalue weighted by molar-refractivity contribution is -0.137. The van der Waals surface area contributed by atoms with Crippen LogP contribution in [0.1, 0.15) is 18.2 Å². The first-order valence-corrected chi connectivity index (χ1v) is 10.6. The van der Waals surface area contributed by atoms with Crippen molar-refractivity contribution in [1.29, 1.82) is 0 Å². The van der Waals surface area contributed by atoms with Crippen LogP contribution in [0.15, 0.2) is 53.9 Å². The molecule has 0 radical (unpaired) electrons. The zero-order valence-corrected chi connectivity index (χ0v) is 18.1. The van der Waals surface area contributed by atoms with Gasteiger partial charge in [-0.15, -0.1) is 11.3 Å². The van der Waals surface area contributed by atoms with E-state index in [4.69, 9.17) is 0 Å². The Hall–Kier alpha value is -3.73. The summed E-state index contributed by atoms with van der Waals surface area (Å²) in [6.45, 7) is 1.50. The van der Waals surface area contributed by atoms with Crippen molar-refractivity contribution in [2.24, 2.45) is 0 Å². The monoisotopic (exact) mass is 476 g/mol. The van der Waals surface area contributed by atoms with Gasteiger partial charge in [0.25, 0.3) is 0 Å². The van der Waals surface area contributed by atoms with E-state index in [1.165, 1.54) is 36.5 Å². The number of halogens is 3. The first kappa shape index (κ1) is 23.9. The number of alkyl halides is 3. The first-order valence-electron chi connectivity index (χ1n) is 9.70. The Morgan fingerprint density at radius 3 is 2.27 bits per heavy atom. The highest BCUT2D eigenvalue weighted by Gasteiger charge is 2.30. The standard InChI is InChI=1S/C22H19F3N4O3S/c1-13(30)27-16-3-2-4-17(11-16)28-20(32)19(31)26-10-9-18-12-33-21(29-18)14-5-7-15(8-6-14)22(23,24)25/h2-8,11-12H,9-10H2,1H3,(H,26,31)(H,27,30)(H,28,32). The van der Waals surface area contributed by atoms with Gasteiger partial charge in [0, 0.05) is 42.2 Å². The van der Waals surface area contributed by atoms with Crippen molar-refractivity contribution in [3.05, 3.63) is 65.2 Å². The number of hydrogen-bond acceptors (Lipinski definition) is 5. The van der Waals surface area contributed by atoms with E-state index in [0.717, 1.165) is 12.1 Å². The average molecular weight is 476 g/mol. The van der Waals surface area contributed by atoms with Crippen LogP contribution in [0.2, 0.25) is 0 Å². The molecule has 3 aromatic rings. The third-order valence-electron chi connectivity index (χ3n) is 4.32. The molecule has 0 unspecified atom stereocenters. The van der Waals surface area contributed by atoms with Crippen LogP contribution >= 0.6 is 11.3 Å². The van der Waals surface area contributed by atoms with Gasteiger partial charge in [-0.1, -0.05) is 18.2 Å². The highest BCUT2D eigenvalue weighted by molar-refractivity contribution is 7.13. The lowest BCUT2D eigenvalue weighted by Gasteiger charge is -2.08. The fraction of sp³-hybridized carbons (Fsp3) is 0.182. The predicted molar refractivity (Wildman–Crippen MR) is 119 cm³/mol. The van der Waals surface area contributed by atoms with Crippen LogP contribution in [-0.4, -0.2) is 29.3 Å². The zero-order valence-electron chi connectivity index (χ0n) is 17.3. The maximum atomic E-state index is 12.7. The Morgan fingerprint density at radius 1 is 0.970 bits per heavy atom. The summed E-state index contributed by atoms with van der Waals surface area (Å²) < 4.78 is 38.0. The summed E-state index contributed by atoms with van der Waals surface area (Å²) in [5.41, 5.74) is 1.30. The minimum absolute atomic E-state index is 0.147. The van der Waals surface area contributed by atoms with Gasteiger partial charge in [0.1, 0.15) is 5.01 Å². The molecule has 7 nitrogen and oxygen atoms in total. The number of nitrogens with zero attached hydrogens (tertiary/aromatic N) is 1. The predicted octanol–water partition coefficient (Wildman–Crippen LogP) is 4.08. The minimum Gasteiger partial charge on any atom is -0.347 e. The van der Waals surface area contributed by atoms with E-state index in [1.54, 1.807) is 23.6 Å². The van der Waals surface area contributed by atoms with Gasteiger partial charge in [0.15, 0.2) is 0 Å². The SMILES string of the molecule is CC(=O)Nc1cccc(NC(=O)C(=O)NCCc2csc(-c3ccc(C(F)(F)F)cc3)n2)c1. The number of thiazole rings is 1. The smallest absolute Gasteiger partial charge is 0.347 e. The molecule has 0 saturated heterocycles. The maximum absolute atomic E-state index is 12.7. The molecule has 11 heteroatoms. The second kappa shape index (κ2) is 10.3. The second-order valence-electron chi connectivity index (χ2n) is 6.94. The van der Waals surface area contributed by atoms with E-state index in [1.807, 2.05) is 0 Å². The fourth-order valence-corrected chi connectivity index (χ4v) is 3.67. The molecule has 0 saturated carbocycles. The lowest BCUT2D eigenvalue weighted by Crippen LogP contribution is -2.36. The number of benzene rings is 2. The van der Waals surface area contributed by atoms with Crippen molar-refractivity contribution in [1.82, 2.24) is 10.3 Å². The fourth-order valence-electron chi connectivity index (χ4n) is 2.81. The van der Waals surface area contributed by atoms with Crippen LogP contribution in [0.5, 0.6) is 0 Å². The Labute approximate surface area is 191 Å². The third kappa shape index (κ3) is 6.88. The Morgan fingerprint density at radius 2 is 1.64 bits per heavy atom. The van der Waals surface area contributed by atoms with Crippen LogP contribution in [0, 0.1) is 0 Å². The molecule has 0 spiro atoms. The molecular formula is C22H19F3N4O3S. The van der Waals surface area contributed by atoms with Gasteiger partial charge in [-0.05, 0) is 30.3 Å². The van der Waals surface area contributed by atoms with E-state index in [2.05, 4.69) is 20.9 Å². The molecule has 0 aliphatic heterocycles. The summed E-state index contributed by atoms with van der Waals surface area (Å²) in [4.78, 5) is 39.6. The summed E-state index contributed by atoms with van der Waals surface area (Å²) in [5.74, 6) is -1.96. The van der Waals surface area contributed by atoms with Gasteiger partial charge >= 0.3 is 18.0 Å². The van der Waals surface area contributed by atoms with Crippen LogP contribution in [0.25, 0.3) is 10.6 Å². The van der Waals surface area contributed by atoms with Crippen molar-refractivity contribution in [3.63, 3.8) is 0 Å². The van der Waals surface area contributed by atoms with Crippen molar-refractivity contribution >= 4 is 40.4 Å². The van der Waals surface area contributed by atoms with Gasteiger partial charge in [-0.3, -0.25) is 14.4 Å². The number of nitrogens with one attached hydrogen (secondary N) is 3. The molecule has 0 aliphatic carbocycles. The Bertz CT molecular complexity index is 1160. The number of carbonyl (C=O) groups is 3. The molecule has 172 valence electrons. The van der Waals surface area contributed by atoms with E-state index in [0.29, 0.717) is 34.1 Å². The number of hydrogen-bond donors (Lipinski definition) is 3. The number of carbonyl (C=O) groups excluding carboxylic acids is 3.